The summed E-state index contributed by atoms with van der Waals surface area (Å²) in [7, 11) is 2.01. The van der Waals surface area contributed by atoms with Gasteiger partial charge in [0.1, 0.15) is 0 Å². The molecule has 1 aromatic carbocycles. The third kappa shape index (κ3) is 3.51. The Hall–Kier alpha value is -1.00. The summed E-state index contributed by atoms with van der Waals surface area (Å²) in [5.74, 6) is 2.58. The van der Waals surface area contributed by atoms with E-state index in [4.69, 9.17) is 11.6 Å². The molecule has 0 aliphatic rings. The zero-order chi connectivity index (χ0) is 13.7. The van der Waals surface area contributed by atoms with Gasteiger partial charge in [0.25, 0.3) is 0 Å². The molecule has 1 heterocycles. The summed E-state index contributed by atoms with van der Waals surface area (Å²) in [5, 5.41) is 9.46. The van der Waals surface area contributed by atoms with Crippen LogP contribution in [0.5, 0.6) is 0 Å². The highest BCUT2D eigenvalue weighted by molar-refractivity contribution is 7.99. The Bertz CT molecular complexity index is 522. The maximum atomic E-state index is 5.68. The van der Waals surface area contributed by atoms with Gasteiger partial charge in [0.15, 0.2) is 11.0 Å². The van der Waals surface area contributed by atoms with Crippen molar-refractivity contribution in [3.63, 3.8) is 0 Å². The van der Waals surface area contributed by atoms with Crippen LogP contribution in [0.15, 0.2) is 29.4 Å². The number of nitrogens with zero attached hydrogens (tertiary/aromatic N) is 3. The van der Waals surface area contributed by atoms with Gasteiger partial charge in [-0.05, 0) is 18.4 Å². The van der Waals surface area contributed by atoms with Crippen LogP contribution < -0.4 is 0 Å². The quantitative estimate of drug-likeness (QED) is 0.462. The Morgan fingerprint density at radius 2 is 1.95 bits per heavy atom. The topological polar surface area (TPSA) is 30.7 Å². The standard InChI is InChI=1S/C14H18ClN3S/c1-3-11-5-7-12(8-6-11)13-16-17-14(18(13)2)19-10-4-9-15/h5-8H,3-4,9-10H2,1-2H3. The third-order valence-corrected chi connectivity index (χ3v) is 4.34. The Balaban J connectivity index is 2.15. The predicted molar refractivity (Wildman–Crippen MR) is 81.9 cm³/mol. The van der Waals surface area contributed by atoms with Crippen molar-refractivity contribution < 1.29 is 0 Å². The molecule has 0 radical (unpaired) electrons. The van der Waals surface area contributed by atoms with Crippen LogP contribution in [0.3, 0.4) is 0 Å². The molecule has 2 aromatic rings. The minimum atomic E-state index is 0.691. The van der Waals surface area contributed by atoms with E-state index in [1.54, 1.807) is 11.8 Å². The van der Waals surface area contributed by atoms with E-state index in [1.165, 1.54) is 5.56 Å². The molecule has 0 saturated carbocycles. The average Bonchev–Trinajstić information content (AvgIpc) is 2.81. The summed E-state index contributed by atoms with van der Waals surface area (Å²) < 4.78 is 2.04. The second-order valence-corrected chi connectivity index (χ2v) is 5.75. The summed E-state index contributed by atoms with van der Waals surface area (Å²) in [6.07, 6.45) is 2.04. The first kappa shape index (κ1) is 14.4. The Morgan fingerprint density at radius 3 is 2.58 bits per heavy atom. The molecule has 1 aromatic heterocycles. The number of aryl methyl sites for hydroxylation is 1. The normalized spacial score (nSPS) is 10.9. The Kier molecular flexibility index (Phi) is 5.28. The van der Waals surface area contributed by atoms with Gasteiger partial charge in [0, 0.05) is 24.2 Å². The zero-order valence-electron chi connectivity index (χ0n) is 11.3. The van der Waals surface area contributed by atoms with Gasteiger partial charge in [-0.3, -0.25) is 0 Å². The molecule has 102 valence electrons. The van der Waals surface area contributed by atoms with Crippen molar-refractivity contribution >= 4 is 23.4 Å². The fourth-order valence-electron chi connectivity index (χ4n) is 1.80. The number of hydrogen-bond donors (Lipinski definition) is 0. The summed E-state index contributed by atoms with van der Waals surface area (Å²) >= 11 is 7.38. The maximum Gasteiger partial charge on any atom is 0.191 e. The molecule has 0 fully saturated rings. The molecule has 0 saturated heterocycles. The lowest BCUT2D eigenvalue weighted by atomic mass is 10.1. The maximum absolute atomic E-state index is 5.68. The van der Waals surface area contributed by atoms with Gasteiger partial charge in [-0.1, -0.05) is 43.0 Å². The van der Waals surface area contributed by atoms with Crippen molar-refractivity contribution in [1.29, 1.82) is 0 Å². The van der Waals surface area contributed by atoms with Crippen LogP contribution >= 0.6 is 23.4 Å². The molecule has 0 aliphatic carbocycles. The lowest BCUT2D eigenvalue weighted by molar-refractivity contribution is 0.793. The number of hydrogen-bond acceptors (Lipinski definition) is 3. The Morgan fingerprint density at radius 1 is 1.21 bits per heavy atom. The first-order valence-electron chi connectivity index (χ1n) is 6.43. The van der Waals surface area contributed by atoms with E-state index in [1.807, 2.05) is 11.6 Å². The SMILES string of the molecule is CCc1ccc(-c2nnc(SCCCCl)n2C)cc1. The van der Waals surface area contributed by atoms with Gasteiger partial charge in [0.05, 0.1) is 0 Å². The summed E-state index contributed by atoms with van der Waals surface area (Å²) in [6, 6.07) is 8.50. The molecule has 3 nitrogen and oxygen atoms in total. The van der Waals surface area contributed by atoms with Crippen LogP contribution in [-0.2, 0) is 13.5 Å². The van der Waals surface area contributed by atoms with Gasteiger partial charge < -0.3 is 4.57 Å². The molecular formula is C14H18ClN3S. The molecule has 5 heteroatoms. The van der Waals surface area contributed by atoms with E-state index >= 15 is 0 Å². The van der Waals surface area contributed by atoms with Crippen LogP contribution in [0.4, 0.5) is 0 Å². The first-order valence-corrected chi connectivity index (χ1v) is 7.95. The smallest absolute Gasteiger partial charge is 0.191 e. The second-order valence-electron chi connectivity index (χ2n) is 4.31. The highest BCUT2D eigenvalue weighted by Crippen LogP contribution is 2.23. The van der Waals surface area contributed by atoms with Crippen LogP contribution in [0.2, 0.25) is 0 Å². The predicted octanol–water partition coefficient (Wildman–Crippen LogP) is 3.77. The van der Waals surface area contributed by atoms with E-state index in [9.17, 15) is 0 Å². The van der Waals surface area contributed by atoms with Crippen LogP contribution in [-0.4, -0.2) is 26.4 Å². The van der Waals surface area contributed by atoms with E-state index in [-0.39, 0.29) is 0 Å². The number of rotatable bonds is 6. The van der Waals surface area contributed by atoms with Crippen LogP contribution in [0.25, 0.3) is 11.4 Å². The number of halogens is 1. The van der Waals surface area contributed by atoms with Crippen molar-refractivity contribution in [3.8, 4) is 11.4 Å². The van der Waals surface area contributed by atoms with E-state index in [2.05, 4.69) is 41.4 Å². The van der Waals surface area contributed by atoms with Gasteiger partial charge in [-0.15, -0.1) is 21.8 Å². The molecule has 2 rings (SSSR count). The van der Waals surface area contributed by atoms with Crippen molar-refractivity contribution in [3.05, 3.63) is 29.8 Å². The summed E-state index contributed by atoms with van der Waals surface area (Å²) in [4.78, 5) is 0. The van der Waals surface area contributed by atoms with Crippen molar-refractivity contribution in [1.82, 2.24) is 14.8 Å². The second kappa shape index (κ2) is 6.96. The highest BCUT2D eigenvalue weighted by atomic mass is 35.5. The average molecular weight is 296 g/mol. The lowest BCUT2D eigenvalue weighted by Crippen LogP contribution is -1.95. The molecule has 0 bridgehead atoms. The van der Waals surface area contributed by atoms with Crippen LogP contribution in [0, 0.1) is 0 Å². The third-order valence-electron chi connectivity index (χ3n) is 2.96. The van der Waals surface area contributed by atoms with Gasteiger partial charge >= 0.3 is 0 Å². The first-order chi connectivity index (χ1) is 9.26. The van der Waals surface area contributed by atoms with Gasteiger partial charge in [-0.2, -0.15) is 0 Å². The van der Waals surface area contributed by atoms with Crippen LogP contribution in [0.1, 0.15) is 18.9 Å². The fraction of sp³-hybridized carbons (Fsp3) is 0.429. The summed E-state index contributed by atoms with van der Waals surface area (Å²) in [5.41, 5.74) is 2.44. The van der Waals surface area contributed by atoms with Crippen molar-refractivity contribution in [2.24, 2.45) is 7.05 Å². The number of alkyl halides is 1. The zero-order valence-corrected chi connectivity index (χ0v) is 12.8. The minimum absolute atomic E-state index is 0.691. The Labute approximate surface area is 123 Å². The molecule has 0 unspecified atom stereocenters. The molecule has 0 aliphatic heterocycles. The molecular weight excluding hydrogens is 278 g/mol. The van der Waals surface area contributed by atoms with E-state index in [0.717, 1.165) is 35.1 Å². The lowest BCUT2D eigenvalue weighted by Gasteiger charge is -2.04. The fourth-order valence-corrected chi connectivity index (χ4v) is 2.94. The van der Waals surface area contributed by atoms with Gasteiger partial charge in [0.2, 0.25) is 0 Å². The highest BCUT2D eigenvalue weighted by Gasteiger charge is 2.10. The molecule has 0 atom stereocenters. The number of thioether (sulfide) groups is 1. The number of aromatic nitrogens is 3. The van der Waals surface area contributed by atoms with E-state index < -0.39 is 0 Å². The molecule has 0 N–H and O–H groups in total. The van der Waals surface area contributed by atoms with E-state index in [0.29, 0.717) is 5.88 Å². The van der Waals surface area contributed by atoms with Gasteiger partial charge in [-0.25, -0.2) is 0 Å². The molecule has 0 spiro atoms. The van der Waals surface area contributed by atoms with Crippen molar-refractivity contribution in [2.75, 3.05) is 11.6 Å². The molecule has 0 amide bonds. The minimum Gasteiger partial charge on any atom is -0.305 e. The monoisotopic (exact) mass is 295 g/mol. The summed E-state index contributed by atoms with van der Waals surface area (Å²) in [6.45, 7) is 2.16. The number of benzene rings is 1. The largest absolute Gasteiger partial charge is 0.305 e. The molecule has 19 heavy (non-hydrogen) atoms. The van der Waals surface area contributed by atoms with Crippen molar-refractivity contribution in [2.45, 2.75) is 24.9 Å².